The number of aromatic amines is 2. The maximum Gasteiger partial charge on any atom is 0.217 e. The van der Waals surface area contributed by atoms with Crippen molar-refractivity contribution in [3.05, 3.63) is 70.0 Å². The quantitative estimate of drug-likeness (QED) is 0.263. The predicted octanol–water partition coefficient (Wildman–Crippen LogP) is 6.38. The summed E-state index contributed by atoms with van der Waals surface area (Å²) in [4.78, 5) is 17.6. The Hall–Kier alpha value is -2.47. The number of nitrogens with one attached hydrogen (secondary N) is 3. The van der Waals surface area contributed by atoms with Crippen LogP contribution >= 0.6 is 23.2 Å². The fourth-order valence-corrected chi connectivity index (χ4v) is 4.43. The van der Waals surface area contributed by atoms with Gasteiger partial charge >= 0.3 is 0 Å². The first-order valence-corrected chi connectivity index (χ1v) is 11.7. The third-order valence-corrected chi connectivity index (χ3v) is 5.72. The smallest absolute Gasteiger partial charge is 0.217 e. The van der Waals surface area contributed by atoms with Crippen LogP contribution in [0.4, 0.5) is 0 Å². The fraction of sp³-hybridized carbons (Fsp3) is 0.346. The summed E-state index contributed by atoms with van der Waals surface area (Å²) in [5.41, 5.74) is 10.1. The van der Waals surface area contributed by atoms with E-state index in [-0.39, 0.29) is 17.0 Å². The fourth-order valence-electron chi connectivity index (χ4n) is 4.08. The van der Waals surface area contributed by atoms with Crippen molar-refractivity contribution < 1.29 is 4.79 Å². The lowest BCUT2D eigenvalue weighted by Crippen LogP contribution is -2.43. The lowest BCUT2D eigenvalue weighted by atomic mass is 9.94. The summed E-state index contributed by atoms with van der Waals surface area (Å²) < 4.78 is 0. The van der Waals surface area contributed by atoms with E-state index >= 15 is 0 Å². The molecule has 5 N–H and O–H groups in total. The van der Waals surface area contributed by atoms with Crippen molar-refractivity contribution in [3.8, 4) is 0 Å². The summed E-state index contributed by atoms with van der Waals surface area (Å²) in [6, 6.07) is 11.6. The average molecular weight is 487 g/mol. The molecule has 0 fully saturated rings. The molecule has 0 atom stereocenters. The first-order valence-electron chi connectivity index (χ1n) is 10.9. The molecule has 176 valence electrons. The lowest BCUT2D eigenvalue weighted by molar-refractivity contribution is -0.120. The van der Waals surface area contributed by atoms with Gasteiger partial charge < -0.3 is 21.0 Å². The zero-order valence-corrected chi connectivity index (χ0v) is 21.3. The molecule has 0 aliphatic heterocycles. The van der Waals surface area contributed by atoms with E-state index < -0.39 is 0 Å². The Morgan fingerprint density at radius 2 is 1.33 bits per heavy atom. The van der Waals surface area contributed by atoms with E-state index in [0.29, 0.717) is 0 Å². The first kappa shape index (κ1) is 25.2. The Bertz CT molecular complexity index is 1260. The summed E-state index contributed by atoms with van der Waals surface area (Å²) in [5, 5.41) is 6.72. The number of fused-ring (bicyclic) bond motifs is 2. The molecule has 2 aromatic heterocycles. The molecular weight excluding hydrogens is 455 g/mol. The van der Waals surface area contributed by atoms with E-state index in [2.05, 4.69) is 15.3 Å². The molecule has 4 rings (SSSR count). The second-order valence-corrected chi connectivity index (χ2v) is 10.8. The number of halogens is 2. The highest BCUT2D eigenvalue weighted by atomic mass is 35.5. The molecule has 33 heavy (non-hydrogen) atoms. The highest BCUT2D eigenvalue weighted by molar-refractivity contribution is 6.31. The van der Waals surface area contributed by atoms with Gasteiger partial charge in [-0.3, -0.25) is 4.79 Å². The number of nitrogens with two attached hydrogens (primary N) is 1. The van der Waals surface area contributed by atoms with Crippen molar-refractivity contribution in [2.24, 2.45) is 5.73 Å². The maximum absolute atomic E-state index is 11.2. The summed E-state index contributed by atoms with van der Waals surface area (Å²) in [5.74, 6) is -0.0159. The predicted molar refractivity (Wildman–Crippen MR) is 140 cm³/mol. The van der Waals surface area contributed by atoms with E-state index in [0.717, 1.165) is 44.9 Å². The van der Waals surface area contributed by atoms with Crippen molar-refractivity contribution in [2.45, 2.75) is 58.5 Å². The molecule has 0 aliphatic rings. The minimum atomic E-state index is -0.275. The van der Waals surface area contributed by atoms with E-state index in [1.807, 2.05) is 76.5 Å². The van der Waals surface area contributed by atoms with E-state index in [1.165, 1.54) is 17.9 Å². The number of benzene rings is 2. The number of aromatic nitrogens is 2. The number of H-pyrrole nitrogens is 2. The van der Waals surface area contributed by atoms with Crippen LogP contribution in [0.1, 0.15) is 45.7 Å². The highest BCUT2D eigenvalue weighted by Gasteiger charge is 2.21. The maximum atomic E-state index is 11.2. The van der Waals surface area contributed by atoms with Crippen molar-refractivity contribution in [2.75, 3.05) is 0 Å². The molecule has 0 spiro atoms. The highest BCUT2D eigenvalue weighted by Crippen LogP contribution is 2.26. The molecule has 4 aromatic rings. The molecule has 0 radical (unpaired) electrons. The normalized spacial score (nSPS) is 12.0. The van der Waals surface area contributed by atoms with Gasteiger partial charge in [0.2, 0.25) is 5.91 Å². The average Bonchev–Trinajstić information content (AvgIpc) is 3.23. The minimum Gasteiger partial charge on any atom is -0.361 e. The van der Waals surface area contributed by atoms with Gasteiger partial charge in [0.1, 0.15) is 0 Å². The van der Waals surface area contributed by atoms with E-state index in [9.17, 15) is 4.79 Å². The Balaban J connectivity index is 0.000000189. The van der Waals surface area contributed by atoms with Gasteiger partial charge in [0.15, 0.2) is 0 Å². The van der Waals surface area contributed by atoms with Gasteiger partial charge in [0.25, 0.3) is 0 Å². The van der Waals surface area contributed by atoms with Crippen molar-refractivity contribution in [1.82, 2.24) is 15.3 Å². The van der Waals surface area contributed by atoms with Gasteiger partial charge in [-0.05, 0) is 88.1 Å². The molecule has 0 saturated carbocycles. The Morgan fingerprint density at radius 1 is 0.879 bits per heavy atom. The molecule has 5 nitrogen and oxygen atoms in total. The molecule has 7 heteroatoms. The molecule has 0 aliphatic carbocycles. The SMILES string of the molecule is CC(=O)NC(C)(C)Cc1c[nH]c2ccc(Cl)cc12.CC(C)(N)Cc1c[nH]c2ccc(Cl)cc12. The van der Waals surface area contributed by atoms with Gasteiger partial charge in [-0.25, -0.2) is 0 Å². The minimum absolute atomic E-state index is 0.0159. The van der Waals surface area contributed by atoms with Crippen LogP contribution < -0.4 is 11.1 Å². The number of carbonyl (C=O) groups excluding carboxylic acids is 1. The largest absolute Gasteiger partial charge is 0.361 e. The zero-order chi connectivity index (χ0) is 24.4. The Kier molecular flexibility index (Phi) is 7.47. The number of carbonyl (C=O) groups is 1. The van der Waals surface area contributed by atoms with Crippen LogP contribution in [-0.2, 0) is 17.6 Å². The van der Waals surface area contributed by atoms with Gasteiger partial charge in [0, 0.05) is 62.2 Å². The van der Waals surface area contributed by atoms with Crippen molar-refractivity contribution in [3.63, 3.8) is 0 Å². The summed E-state index contributed by atoms with van der Waals surface area (Å²) in [6.45, 7) is 9.61. The number of hydrogen-bond acceptors (Lipinski definition) is 2. The van der Waals surface area contributed by atoms with E-state index in [1.54, 1.807) is 0 Å². The topological polar surface area (TPSA) is 86.7 Å². The van der Waals surface area contributed by atoms with Gasteiger partial charge in [-0.1, -0.05) is 23.2 Å². The van der Waals surface area contributed by atoms with Crippen LogP contribution in [-0.4, -0.2) is 27.0 Å². The second kappa shape index (κ2) is 9.80. The third-order valence-electron chi connectivity index (χ3n) is 5.25. The summed E-state index contributed by atoms with van der Waals surface area (Å²) >= 11 is 12.0. The van der Waals surface area contributed by atoms with Crippen LogP contribution in [0.15, 0.2) is 48.8 Å². The molecule has 2 aromatic carbocycles. The van der Waals surface area contributed by atoms with Gasteiger partial charge in [0.05, 0.1) is 0 Å². The standard InChI is InChI=1S/C14H17ClN2O.C12H15ClN2/c1-9(18)17-14(2,3)7-10-8-16-13-5-4-11(15)6-12(10)13;1-12(2,14)6-8-7-15-11-4-3-9(13)5-10(8)11/h4-6,8,16H,7H2,1-3H3,(H,17,18);3-5,7,15H,6,14H2,1-2H3. The Labute approximate surface area is 205 Å². The van der Waals surface area contributed by atoms with Crippen molar-refractivity contribution in [1.29, 1.82) is 0 Å². The molecule has 0 saturated heterocycles. The van der Waals surface area contributed by atoms with Crippen LogP contribution in [0.25, 0.3) is 21.8 Å². The van der Waals surface area contributed by atoms with Crippen LogP contribution in [0, 0.1) is 0 Å². The lowest BCUT2D eigenvalue weighted by Gasteiger charge is -2.25. The molecule has 0 unspecified atom stereocenters. The number of hydrogen-bond donors (Lipinski definition) is 4. The number of rotatable bonds is 5. The first-order chi connectivity index (χ1) is 15.3. The Morgan fingerprint density at radius 3 is 1.76 bits per heavy atom. The van der Waals surface area contributed by atoms with Crippen molar-refractivity contribution >= 4 is 50.9 Å². The molecule has 0 bridgehead atoms. The van der Waals surface area contributed by atoms with E-state index in [4.69, 9.17) is 28.9 Å². The van der Waals surface area contributed by atoms with Gasteiger partial charge in [-0.15, -0.1) is 0 Å². The van der Waals surface area contributed by atoms with Crippen LogP contribution in [0.5, 0.6) is 0 Å². The molecule has 1 amide bonds. The second-order valence-electron chi connectivity index (χ2n) is 9.91. The van der Waals surface area contributed by atoms with Crippen LogP contribution in [0.3, 0.4) is 0 Å². The monoisotopic (exact) mass is 486 g/mol. The van der Waals surface area contributed by atoms with Gasteiger partial charge in [-0.2, -0.15) is 0 Å². The third kappa shape index (κ3) is 7.00. The molecule has 2 heterocycles. The molecular formula is C26H32Cl2N4O. The zero-order valence-electron chi connectivity index (χ0n) is 19.8. The van der Waals surface area contributed by atoms with Crippen LogP contribution in [0.2, 0.25) is 10.0 Å². The number of amides is 1. The summed E-state index contributed by atoms with van der Waals surface area (Å²) in [6.07, 6.45) is 5.58. The summed E-state index contributed by atoms with van der Waals surface area (Å²) in [7, 11) is 0.